The van der Waals surface area contributed by atoms with Crippen molar-refractivity contribution < 1.29 is 9.52 Å². The first-order valence-electron chi connectivity index (χ1n) is 5.76. The Bertz CT molecular complexity index is 548. The van der Waals surface area contributed by atoms with Gasteiger partial charge >= 0.3 is 0 Å². The molecule has 1 aromatic heterocycles. The number of benzene rings is 1. The molecular weight excluding hydrogens is 216 g/mol. The van der Waals surface area contributed by atoms with Crippen LogP contribution in [0, 0.1) is 0 Å². The van der Waals surface area contributed by atoms with E-state index in [0.717, 1.165) is 30.7 Å². The third-order valence-electron chi connectivity index (χ3n) is 3.11. The molecule has 1 aliphatic rings. The lowest BCUT2D eigenvalue weighted by molar-refractivity contribution is 0.450. The van der Waals surface area contributed by atoms with Crippen LogP contribution in [0.15, 0.2) is 28.7 Å². The number of fused-ring (bicyclic) bond motifs is 1. The summed E-state index contributed by atoms with van der Waals surface area (Å²) >= 11 is 0. The minimum Gasteiger partial charge on any atom is -0.507 e. The number of aromatic nitrogens is 1. The largest absolute Gasteiger partial charge is 0.507 e. The van der Waals surface area contributed by atoms with Crippen LogP contribution in [0.4, 0.5) is 0 Å². The first-order chi connectivity index (χ1) is 8.24. The quantitative estimate of drug-likeness (QED) is 0.784. The molecule has 0 radical (unpaired) electrons. The van der Waals surface area contributed by atoms with Crippen LogP contribution in [-0.4, -0.2) is 16.1 Å². The van der Waals surface area contributed by atoms with Gasteiger partial charge in [0.2, 0.25) is 5.89 Å². The summed E-state index contributed by atoms with van der Waals surface area (Å²) in [5.41, 5.74) is 7.50. The monoisotopic (exact) mass is 230 g/mol. The van der Waals surface area contributed by atoms with Crippen LogP contribution in [0.3, 0.4) is 0 Å². The Kier molecular flexibility index (Phi) is 2.37. The van der Waals surface area contributed by atoms with E-state index in [1.807, 2.05) is 6.07 Å². The van der Waals surface area contributed by atoms with Gasteiger partial charge in [-0.1, -0.05) is 12.1 Å². The fourth-order valence-corrected chi connectivity index (χ4v) is 2.17. The number of rotatable bonds is 1. The van der Waals surface area contributed by atoms with Gasteiger partial charge in [-0.2, -0.15) is 0 Å². The van der Waals surface area contributed by atoms with E-state index in [2.05, 4.69) is 4.98 Å². The highest BCUT2D eigenvalue weighted by Gasteiger charge is 2.22. The molecule has 0 saturated carbocycles. The van der Waals surface area contributed by atoms with Crippen molar-refractivity contribution in [1.82, 2.24) is 4.98 Å². The maximum Gasteiger partial charge on any atom is 0.230 e. The number of oxazole rings is 1. The minimum atomic E-state index is 0.160. The zero-order chi connectivity index (χ0) is 11.8. The van der Waals surface area contributed by atoms with Crippen molar-refractivity contribution in [2.24, 2.45) is 5.73 Å². The van der Waals surface area contributed by atoms with Crippen LogP contribution in [0.2, 0.25) is 0 Å². The van der Waals surface area contributed by atoms with Crippen LogP contribution in [0.1, 0.15) is 17.9 Å². The van der Waals surface area contributed by atoms with Gasteiger partial charge in [0, 0.05) is 12.5 Å². The standard InChI is InChI=1S/C13H14N2O2/c14-8-5-6-10-12(7-8)17-13(15-10)9-3-1-2-4-11(9)16/h1-4,8,16H,5-7,14H2. The van der Waals surface area contributed by atoms with E-state index in [1.165, 1.54) is 0 Å². The predicted octanol–water partition coefficient (Wildman–Crippen LogP) is 1.86. The third-order valence-corrected chi connectivity index (χ3v) is 3.11. The van der Waals surface area contributed by atoms with Crippen LogP contribution >= 0.6 is 0 Å². The molecule has 1 atom stereocenters. The van der Waals surface area contributed by atoms with Crippen molar-refractivity contribution in [3.8, 4) is 17.2 Å². The Labute approximate surface area is 99.1 Å². The number of nitrogens with two attached hydrogens (primary N) is 1. The number of nitrogens with zero attached hydrogens (tertiary/aromatic N) is 1. The molecule has 0 fully saturated rings. The second kappa shape index (κ2) is 3.89. The Hall–Kier alpha value is -1.81. The molecule has 17 heavy (non-hydrogen) atoms. The van der Waals surface area contributed by atoms with Crippen LogP contribution in [0.25, 0.3) is 11.5 Å². The lowest BCUT2D eigenvalue weighted by atomic mass is 9.98. The summed E-state index contributed by atoms with van der Waals surface area (Å²) in [6.07, 6.45) is 2.53. The average molecular weight is 230 g/mol. The van der Waals surface area contributed by atoms with Gasteiger partial charge in [-0.15, -0.1) is 0 Å². The maximum absolute atomic E-state index is 9.75. The fourth-order valence-electron chi connectivity index (χ4n) is 2.17. The molecular formula is C13H14N2O2. The summed E-state index contributed by atoms with van der Waals surface area (Å²) in [5.74, 6) is 1.54. The van der Waals surface area contributed by atoms with E-state index in [9.17, 15) is 5.11 Å². The molecule has 0 saturated heterocycles. The Morgan fingerprint density at radius 1 is 1.35 bits per heavy atom. The van der Waals surface area contributed by atoms with Crippen molar-refractivity contribution in [1.29, 1.82) is 0 Å². The van der Waals surface area contributed by atoms with E-state index in [1.54, 1.807) is 18.2 Å². The van der Waals surface area contributed by atoms with Crippen molar-refractivity contribution >= 4 is 0 Å². The number of phenols is 1. The molecule has 4 nitrogen and oxygen atoms in total. The number of aryl methyl sites for hydroxylation is 1. The minimum absolute atomic E-state index is 0.160. The van der Waals surface area contributed by atoms with Gasteiger partial charge in [0.25, 0.3) is 0 Å². The normalized spacial score (nSPS) is 19.0. The van der Waals surface area contributed by atoms with Crippen molar-refractivity contribution in [2.75, 3.05) is 0 Å². The molecule has 4 heteroatoms. The highest BCUT2D eigenvalue weighted by molar-refractivity contribution is 5.62. The van der Waals surface area contributed by atoms with Gasteiger partial charge in [0.05, 0.1) is 11.3 Å². The van der Waals surface area contributed by atoms with Gasteiger partial charge < -0.3 is 15.3 Å². The Morgan fingerprint density at radius 3 is 3.00 bits per heavy atom. The topological polar surface area (TPSA) is 72.3 Å². The van der Waals surface area contributed by atoms with Gasteiger partial charge in [-0.25, -0.2) is 4.98 Å². The molecule has 1 heterocycles. The first kappa shape index (κ1) is 10.4. The summed E-state index contributed by atoms with van der Waals surface area (Å²) in [6.45, 7) is 0. The summed E-state index contributed by atoms with van der Waals surface area (Å²) in [6, 6.07) is 7.21. The molecule has 2 aromatic rings. The van der Waals surface area contributed by atoms with Crippen LogP contribution in [0.5, 0.6) is 5.75 Å². The fraction of sp³-hybridized carbons (Fsp3) is 0.308. The summed E-state index contributed by atoms with van der Waals surface area (Å²) in [5, 5.41) is 9.75. The second-order valence-electron chi connectivity index (χ2n) is 4.41. The SMILES string of the molecule is NC1CCc2nc(-c3ccccc3O)oc2C1. The molecule has 0 spiro atoms. The Balaban J connectivity index is 2.03. The molecule has 0 aliphatic heterocycles. The van der Waals surface area contributed by atoms with Gasteiger partial charge in [-0.05, 0) is 25.0 Å². The van der Waals surface area contributed by atoms with Crippen LogP contribution in [-0.2, 0) is 12.8 Å². The molecule has 3 N–H and O–H groups in total. The van der Waals surface area contributed by atoms with E-state index in [4.69, 9.17) is 10.2 Å². The number of phenolic OH excluding ortho intramolecular Hbond substituents is 1. The maximum atomic E-state index is 9.75. The molecule has 1 aliphatic carbocycles. The van der Waals surface area contributed by atoms with E-state index in [-0.39, 0.29) is 11.8 Å². The van der Waals surface area contributed by atoms with Crippen molar-refractivity contribution in [3.63, 3.8) is 0 Å². The van der Waals surface area contributed by atoms with Gasteiger partial charge in [0.15, 0.2) is 0 Å². The first-order valence-corrected chi connectivity index (χ1v) is 5.76. The number of aromatic hydroxyl groups is 1. The molecule has 0 amide bonds. The molecule has 88 valence electrons. The highest BCUT2D eigenvalue weighted by atomic mass is 16.4. The number of hydrogen-bond acceptors (Lipinski definition) is 4. The molecule has 1 aromatic carbocycles. The number of para-hydroxylation sites is 1. The summed E-state index contributed by atoms with van der Waals surface area (Å²) in [4.78, 5) is 4.43. The summed E-state index contributed by atoms with van der Waals surface area (Å²) < 4.78 is 5.69. The second-order valence-corrected chi connectivity index (χ2v) is 4.41. The van der Waals surface area contributed by atoms with Gasteiger partial charge in [0.1, 0.15) is 11.5 Å². The smallest absolute Gasteiger partial charge is 0.230 e. The highest BCUT2D eigenvalue weighted by Crippen LogP contribution is 2.31. The predicted molar refractivity (Wildman–Crippen MR) is 63.6 cm³/mol. The molecule has 0 bridgehead atoms. The van der Waals surface area contributed by atoms with E-state index < -0.39 is 0 Å². The van der Waals surface area contributed by atoms with E-state index in [0.29, 0.717) is 11.5 Å². The third kappa shape index (κ3) is 1.80. The lowest BCUT2D eigenvalue weighted by Gasteiger charge is -2.14. The van der Waals surface area contributed by atoms with Crippen molar-refractivity contribution in [3.05, 3.63) is 35.7 Å². The molecule has 1 unspecified atom stereocenters. The van der Waals surface area contributed by atoms with Crippen LogP contribution < -0.4 is 5.73 Å². The molecule has 3 rings (SSSR count). The number of hydrogen-bond donors (Lipinski definition) is 2. The van der Waals surface area contributed by atoms with Crippen molar-refractivity contribution in [2.45, 2.75) is 25.3 Å². The average Bonchev–Trinajstić information content (AvgIpc) is 2.72. The zero-order valence-electron chi connectivity index (χ0n) is 9.39. The zero-order valence-corrected chi connectivity index (χ0v) is 9.39. The summed E-state index contributed by atoms with van der Waals surface area (Å²) in [7, 11) is 0. The van der Waals surface area contributed by atoms with Gasteiger partial charge in [-0.3, -0.25) is 0 Å². The lowest BCUT2D eigenvalue weighted by Crippen LogP contribution is -2.27. The van der Waals surface area contributed by atoms with E-state index >= 15 is 0 Å². The Morgan fingerprint density at radius 2 is 2.18 bits per heavy atom.